The van der Waals surface area contributed by atoms with Crippen molar-refractivity contribution in [2.24, 2.45) is 0 Å². The standard InChI is InChI=1S/C14H16O/c1-9(2)14(15)12-7-8-13(14)11-6-4-3-5-10(11)12/h3-6,12-13,15H,1,7-8H2,2H3/t12-,13-/m0/s1. The quantitative estimate of drug-likeness (QED) is 0.691. The molecule has 2 bridgehead atoms. The summed E-state index contributed by atoms with van der Waals surface area (Å²) in [6.45, 7) is 5.94. The zero-order chi connectivity index (χ0) is 10.6. The van der Waals surface area contributed by atoms with E-state index in [0.29, 0.717) is 0 Å². The largest absolute Gasteiger partial charge is 0.384 e. The zero-order valence-electron chi connectivity index (χ0n) is 9.03. The van der Waals surface area contributed by atoms with Gasteiger partial charge in [-0.15, -0.1) is 0 Å². The first-order valence-electron chi connectivity index (χ1n) is 5.63. The minimum absolute atomic E-state index is 0.288. The summed E-state index contributed by atoms with van der Waals surface area (Å²) in [6.07, 6.45) is 2.20. The van der Waals surface area contributed by atoms with E-state index < -0.39 is 5.60 Å². The molecule has 0 amide bonds. The van der Waals surface area contributed by atoms with Gasteiger partial charge in [-0.05, 0) is 36.5 Å². The van der Waals surface area contributed by atoms with E-state index in [0.717, 1.165) is 18.4 Å². The van der Waals surface area contributed by atoms with Gasteiger partial charge in [-0.25, -0.2) is 0 Å². The second kappa shape index (κ2) is 2.73. The van der Waals surface area contributed by atoms with Gasteiger partial charge < -0.3 is 5.11 Å². The van der Waals surface area contributed by atoms with Crippen LogP contribution in [-0.4, -0.2) is 10.7 Å². The zero-order valence-corrected chi connectivity index (χ0v) is 9.03. The molecule has 1 aromatic rings. The van der Waals surface area contributed by atoms with Gasteiger partial charge in [-0.2, -0.15) is 0 Å². The molecule has 1 fully saturated rings. The van der Waals surface area contributed by atoms with Crippen molar-refractivity contribution in [3.8, 4) is 0 Å². The van der Waals surface area contributed by atoms with Crippen molar-refractivity contribution in [2.45, 2.75) is 37.2 Å². The van der Waals surface area contributed by atoms with Gasteiger partial charge >= 0.3 is 0 Å². The van der Waals surface area contributed by atoms with Gasteiger partial charge in [0.2, 0.25) is 0 Å². The van der Waals surface area contributed by atoms with Crippen molar-refractivity contribution in [2.75, 3.05) is 0 Å². The second-order valence-corrected chi connectivity index (χ2v) is 4.92. The van der Waals surface area contributed by atoms with Crippen molar-refractivity contribution in [3.63, 3.8) is 0 Å². The summed E-state index contributed by atoms with van der Waals surface area (Å²) >= 11 is 0. The van der Waals surface area contributed by atoms with Crippen LogP contribution < -0.4 is 0 Å². The Balaban J connectivity index is 2.20. The Morgan fingerprint density at radius 1 is 1.27 bits per heavy atom. The number of fused-ring (bicyclic) bond motifs is 5. The van der Waals surface area contributed by atoms with Gasteiger partial charge in [-0.1, -0.05) is 30.8 Å². The Kier molecular flexibility index (Phi) is 1.67. The van der Waals surface area contributed by atoms with Crippen molar-refractivity contribution >= 4 is 0 Å². The van der Waals surface area contributed by atoms with Crippen LogP contribution in [-0.2, 0) is 0 Å². The number of rotatable bonds is 1. The Labute approximate surface area is 90.4 Å². The monoisotopic (exact) mass is 200 g/mol. The smallest absolute Gasteiger partial charge is 0.0987 e. The minimum Gasteiger partial charge on any atom is -0.384 e. The Hall–Kier alpha value is -1.08. The molecule has 0 spiro atoms. The third kappa shape index (κ3) is 0.920. The molecular formula is C14H16O. The summed E-state index contributed by atoms with van der Waals surface area (Å²) in [4.78, 5) is 0. The van der Waals surface area contributed by atoms with Crippen molar-refractivity contribution in [3.05, 3.63) is 47.5 Å². The van der Waals surface area contributed by atoms with Crippen molar-refractivity contribution in [1.82, 2.24) is 0 Å². The van der Waals surface area contributed by atoms with E-state index in [1.165, 1.54) is 11.1 Å². The molecule has 15 heavy (non-hydrogen) atoms. The number of hydrogen-bond acceptors (Lipinski definition) is 1. The molecule has 78 valence electrons. The second-order valence-electron chi connectivity index (χ2n) is 4.92. The summed E-state index contributed by atoms with van der Waals surface area (Å²) in [7, 11) is 0. The lowest BCUT2D eigenvalue weighted by atomic mass is 9.83. The molecule has 1 nitrogen and oxygen atoms in total. The summed E-state index contributed by atoms with van der Waals surface area (Å²) in [6, 6.07) is 8.46. The van der Waals surface area contributed by atoms with E-state index in [-0.39, 0.29) is 11.8 Å². The molecule has 0 aromatic heterocycles. The lowest BCUT2D eigenvalue weighted by Gasteiger charge is -2.29. The fourth-order valence-electron chi connectivity index (χ4n) is 3.54. The summed E-state index contributed by atoms with van der Waals surface area (Å²) in [5.41, 5.74) is 2.95. The first kappa shape index (κ1) is 9.17. The fourth-order valence-corrected chi connectivity index (χ4v) is 3.54. The van der Waals surface area contributed by atoms with Crippen LogP contribution in [0.4, 0.5) is 0 Å². The molecule has 0 heterocycles. The van der Waals surface area contributed by atoms with Crippen LogP contribution in [0.5, 0.6) is 0 Å². The van der Waals surface area contributed by atoms with E-state index in [1.807, 2.05) is 6.92 Å². The maximum atomic E-state index is 10.8. The highest BCUT2D eigenvalue weighted by Crippen LogP contribution is 2.61. The van der Waals surface area contributed by atoms with Gasteiger partial charge in [0, 0.05) is 11.8 Å². The average molecular weight is 200 g/mol. The molecule has 0 unspecified atom stereocenters. The van der Waals surface area contributed by atoms with Crippen molar-refractivity contribution < 1.29 is 5.11 Å². The number of aliphatic hydroxyl groups is 1. The maximum absolute atomic E-state index is 10.8. The highest BCUT2D eigenvalue weighted by molar-refractivity contribution is 5.50. The Bertz CT molecular complexity index is 402. The SMILES string of the molecule is C=C(C)C1(O)[C@H]2CC[C@H]1c1ccccc12. The Morgan fingerprint density at radius 2 is 1.73 bits per heavy atom. The molecule has 0 saturated heterocycles. The maximum Gasteiger partial charge on any atom is 0.0987 e. The molecule has 1 aromatic carbocycles. The molecule has 1 heteroatoms. The van der Waals surface area contributed by atoms with E-state index in [2.05, 4.69) is 30.8 Å². The fraction of sp³-hybridized carbons (Fsp3) is 0.429. The van der Waals surface area contributed by atoms with Crippen LogP contribution in [0.15, 0.2) is 36.4 Å². The highest BCUT2D eigenvalue weighted by Gasteiger charge is 2.56. The summed E-state index contributed by atoms with van der Waals surface area (Å²) < 4.78 is 0. The summed E-state index contributed by atoms with van der Waals surface area (Å²) in [5, 5.41) is 10.8. The average Bonchev–Trinajstić information content (AvgIpc) is 2.70. The topological polar surface area (TPSA) is 20.2 Å². The van der Waals surface area contributed by atoms with Crippen LogP contribution in [0, 0.1) is 0 Å². The predicted molar refractivity (Wildman–Crippen MR) is 60.9 cm³/mol. The van der Waals surface area contributed by atoms with Gasteiger partial charge in [-0.3, -0.25) is 0 Å². The summed E-state index contributed by atoms with van der Waals surface area (Å²) in [5.74, 6) is 0.576. The highest BCUT2D eigenvalue weighted by atomic mass is 16.3. The van der Waals surface area contributed by atoms with Gasteiger partial charge in [0.1, 0.15) is 0 Å². The lowest BCUT2D eigenvalue weighted by molar-refractivity contribution is 0.0636. The van der Waals surface area contributed by atoms with E-state index in [9.17, 15) is 5.11 Å². The molecule has 2 atom stereocenters. The predicted octanol–water partition coefficient (Wildman–Crippen LogP) is 2.97. The molecule has 1 N–H and O–H groups in total. The third-order valence-electron chi connectivity index (χ3n) is 4.24. The molecule has 1 saturated carbocycles. The van der Waals surface area contributed by atoms with Gasteiger partial charge in [0.05, 0.1) is 5.60 Å². The first-order chi connectivity index (χ1) is 7.15. The van der Waals surface area contributed by atoms with Crippen LogP contribution in [0.2, 0.25) is 0 Å². The molecule has 0 radical (unpaired) electrons. The van der Waals surface area contributed by atoms with Gasteiger partial charge in [0.25, 0.3) is 0 Å². The molecule has 3 rings (SSSR count). The van der Waals surface area contributed by atoms with Crippen LogP contribution in [0.1, 0.15) is 42.7 Å². The van der Waals surface area contributed by atoms with Crippen LogP contribution in [0.3, 0.4) is 0 Å². The Morgan fingerprint density at radius 3 is 2.13 bits per heavy atom. The first-order valence-corrected chi connectivity index (χ1v) is 5.63. The van der Waals surface area contributed by atoms with Gasteiger partial charge in [0.15, 0.2) is 0 Å². The van der Waals surface area contributed by atoms with E-state index in [4.69, 9.17) is 0 Å². The normalized spacial score (nSPS) is 36.7. The minimum atomic E-state index is -0.663. The lowest BCUT2D eigenvalue weighted by Crippen LogP contribution is -2.33. The third-order valence-corrected chi connectivity index (χ3v) is 4.24. The van der Waals surface area contributed by atoms with Crippen LogP contribution >= 0.6 is 0 Å². The van der Waals surface area contributed by atoms with Crippen molar-refractivity contribution in [1.29, 1.82) is 0 Å². The molecule has 2 aliphatic rings. The van der Waals surface area contributed by atoms with Crippen LogP contribution in [0.25, 0.3) is 0 Å². The van der Waals surface area contributed by atoms with E-state index >= 15 is 0 Å². The molecular weight excluding hydrogens is 184 g/mol. The number of benzene rings is 1. The number of hydrogen-bond donors (Lipinski definition) is 1. The van der Waals surface area contributed by atoms with E-state index in [1.54, 1.807) is 0 Å². The molecule has 2 aliphatic carbocycles. The molecule has 0 aliphatic heterocycles.